The maximum Gasteiger partial charge on any atom is 0.432 e. The number of benzene rings is 2. The van der Waals surface area contributed by atoms with Crippen LogP contribution in [0, 0.1) is 0 Å². The normalized spacial score (nSPS) is 20.5. The average molecular weight is 392 g/mol. The Bertz CT molecular complexity index is 910. The number of rotatable bonds is 4. The number of nitrogens with zero attached hydrogens (tertiary/aromatic N) is 1. The van der Waals surface area contributed by atoms with Gasteiger partial charge in [0.05, 0.1) is 0 Å². The lowest BCUT2D eigenvalue weighted by Gasteiger charge is -2.25. The second-order valence-electron chi connectivity index (χ2n) is 5.49. The molecule has 1 unspecified atom stereocenters. The van der Waals surface area contributed by atoms with E-state index in [-0.39, 0.29) is 6.54 Å². The maximum absolute atomic E-state index is 12.3. The highest BCUT2D eigenvalue weighted by Crippen LogP contribution is 2.31. The number of halogens is 1. The standard InChI is InChI=1S/C16H11BrN2O5/c17-12-6-5-9-3-1-2-4-10(9)11(12)7-19(8-13(20)21)15(23)14(22)18-16(19)24/h1-6H,7-8H2,(H-,18,20,21,22,24)/p+1. The van der Waals surface area contributed by atoms with Crippen LogP contribution < -0.4 is 5.32 Å². The van der Waals surface area contributed by atoms with Crippen molar-refractivity contribution in [2.24, 2.45) is 0 Å². The molecule has 1 fully saturated rings. The summed E-state index contributed by atoms with van der Waals surface area (Å²) < 4.78 is -0.482. The third kappa shape index (κ3) is 2.49. The fourth-order valence-electron chi connectivity index (χ4n) is 2.86. The Morgan fingerprint density at radius 2 is 1.83 bits per heavy atom. The summed E-state index contributed by atoms with van der Waals surface area (Å²) in [6.45, 7) is -1.03. The molecule has 4 amide bonds. The molecule has 0 radical (unpaired) electrons. The molecule has 1 aliphatic rings. The number of nitrogens with one attached hydrogen (secondary N) is 1. The van der Waals surface area contributed by atoms with Gasteiger partial charge >= 0.3 is 23.8 Å². The predicted octanol–water partition coefficient (Wildman–Crippen LogP) is 1.78. The van der Waals surface area contributed by atoms with E-state index >= 15 is 0 Å². The molecule has 1 heterocycles. The van der Waals surface area contributed by atoms with Crippen molar-refractivity contribution >= 4 is 50.5 Å². The summed E-state index contributed by atoms with van der Waals surface area (Å²) in [5.74, 6) is -3.50. The number of quaternary nitrogens is 1. The number of hydrogen-bond acceptors (Lipinski definition) is 4. The first-order valence-electron chi connectivity index (χ1n) is 7.00. The highest BCUT2D eigenvalue weighted by atomic mass is 79.9. The molecule has 0 aromatic heterocycles. The Hall–Kier alpha value is -2.58. The lowest BCUT2D eigenvalue weighted by atomic mass is 10.0. The van der Waals surface area contributed by atoms with Crippen molar-refractivity contribution in [1.82, 2.24) is 5.32 Å². The van der Waals surface area contributed by atoms with Gasteiger partial charge in [0, 0.05) is 10.0 Å². The molecule has 7 nitrogen and oxygen atoms in total. The zero-order valence-corrected chi connectivity index (χ0v) is 13.9. The maximum atomic E-state index is 12.3. The van der Waals surface area contributed by atoms with Gasteiger partial charge in [-0.05, 0) is 16.8 Å². The van der Waals surface area contributed by atoms with Crippen LogP contribution in [0.1, 0.15) is 5.56 Å². The Kier molecular flexibility index (Phi) is 3.94. The number of carboxylic acid groups (broad SMARTS) is 1. The summed E-state index contributed by atoms with van der Waals surface area (Å²) in [6, 6.07) is 10.0. The van der Waals surface area contributed by atoms with Crippen molar-refractivity contribution in [3.8, 4) is 0 Å². The predicted molar refractivity (Wildman–Crippen MR) is 86.7 cm³/mol. The van der Waals surface area contributed by atoms with Gasteiger partial charge in [-0.2, -0.15) is 4.48 Å². The van der Waals surface area contributed by atoms with E-state index in [1.54, 1.807) is 12.1 Å². The highest BCUT2D eigenvalue weighted by molar-refractivity contribution is 9.10. The minimum Gasteiger partial charge on any atom is -0.477 e. The number of carboxylic acids is 1. The van der Waals surface area contributed by atoms with E-state index in [2.05, 4.69) is 15.9 Å². The quantitative estimate of drug-likeness (QED) is 0.470. The Morgan fingerprint density at radius 3 is 2.46 bits per heavy atom. The summed E-state index contributed by atoms with van der Waals surface area (Å²) in [5.41, 5.74) is 0.590. The van der Waals surface area contributed by atoms with Gasteiger partial charge < -0.3 is 5.11 Å². The van der Waals surface area contributed by atoms with Gasteiger partial charge in [-0.25, -0.2) is 19.7 Å². The van der Waals surface area contributed by atoms with Crippen LogP contribution in [0.5, 0.6) is 0 Å². The zero-order valence-electron chi connectivity index (χ0n) is 12.3. The van der Waals surface area contributed by atoms with Crippen LogP contribution in [-0.2, 0) is 20.9 Å². The van der Waals surface area contributed by atoms with E-state index < -0.39 is 34.8 Å². The largest absolute Gasteiger partial charge is 0.477 e. The molecule has 8 heteroatoms. The molecule has 0 saturated carbocycles. The second kappa shape index (κ2) is 5.81. The van der Waals surface area contributed by atoms with Gasteiger partial charge in [0.2, 0.25) is 0 Å². The number of fused-ring (bicyclic) bond motifs is 1. The first kappa shape index (κ1) is 16.3. The van der Waals surface area contributed by atoms with Crippen LogP contribution in [0.25, 0.3) is 10.8 Å². The van der Waals surface area contributed by atoms with Crippen LogP contribution in [0.15, 0.2) is 40.9 Å². The van der Waals surface area contributed by atoms with Crippen LogP contribution in [0.4, 0.5) is 4.79 Å². The van der Waals surface area contributed by atoms with Gasteiger partial charge in [-0.3, -0.25) is 4.79 Å². The minimum atomic E-state index is -1.34. The molecule has 1 atom stereocenters. The zero-order chi connectivity index (χ0) is 17.5. The topological polar surface area (TPSA) is 101 Å². The third-order valence-corrected chi connectivity index (χ3v) is 4.75. The van der Waals surface area contributed by atoms with Crippen LogP contribution in [0.2, 0.25) is 0 Å². The number of hydrogen-bond donors (Lipinski definition) is 2. The van der Waals surface area contributed by atoms with Crippen molar-refractivity contribution in [1.29, 1.82) is 0 Å². The summed E-state index contributed by atoms with van der Waals surface area (Å²) >= 11 is 3.38. The number of amides is 4. The molecule has 0 aliphatic carbocycles. The van der Waals surface area contributed by atoms with E-state index in [0.717, 1.165) is 10.8 Å². The van der Waals surface area contributed by atoms with Gasteiger partial charge in [0.1, 0.15) is 6.54 Å². The van der Waals surface area contributed by atoms with Crippen molar-refractivity contribution in [2.45, 2.75) is 6.54 Å². The van der Waals surface area contributed by atoms with E-state index in [4.69, 9.17) is 5.11 Å². The molecule has 1 aliphatic heterocycles. The Morgan fingerprint density at radius 1 is 1.12 bits per heavy atom. The van der Waals surface area contributed by atoms with Crippen molar-refractivity contribution in [3.05, 3.63) is 46.4 Å². The number of aliphatic carboxylic acids is 1. The van der Waals surface area contributed by atoms with Crippen molar-refractivity contribution in [3.63, 3.8) is 0 Å². The second-order valence-corrected chi connectivity index (χ2v) is 6.34. The third-order valence-electron chi connectivity index (χ3n) is 4.01. The van der Waals surface area contributed by atoms with E-state index in [1.807, 2.05) is 29.6 Å². The summed E-state index contributed by atoms with van der Waals surface area (Å²) in [6.07, 6.45) is 0. The molecule has 0 spiro atoms. The first-order valence-corrected chi connectivity index (χ1v) is 7.80. The molecule has 24 heavy (non-hydrogen) atoms. The minimum absolute atomic E-state index is 0.232. The summed E-state index contributed by atoms with van der Waals surface area (Å²) in [7, 11) is 0. The smallest absolute Gasteiger partial charge is 0.432 e. The molecule has 3 rings (SSSR count). The molecule has 1 saturated heterocycles. The van der Waals surface area contributed by atoms with Gasteiger partial charge in [-0.15, -0.1) is 0 Å². The van der Waals surface area contributed by atoms with Crippen LogP contribution in [0.3, 0.4) is 0 Å². The van der Waals surface area contributed by atoms with E-state index in [1.165, 1.54) is 0 Å². The Labute approximate surface area is 144 Å². The van der Waals surface area contributed by atoms with Crippen molar-refractivity contribution in [2.75, 3.05) is 6.54 Å². The number of carbonyl (C=O) groups excluding carboxylic acids is 3. The molecule has 0 bridgehead atoms. The average Bonchev–Trinajstić information content (AvgIpc) is 2.73. The van der Waals surface area contributed by atoms with Crippen LogP contribution in [-0.4, -0.2) is 39.9 Å². The molecule has 2 aromatic carbocycles. The number of carbonyl (C=O) groups is 4. The van der Waals surface area contributed by atoms with E-state index in [0.29, 0.717) is 10.0 Å². The number of imide groups is 2. The SMILES string of the molecule is O=C(O)C[N+]1(Cc2c(Br)ccc3ccccc23)C(=O)NC(=O)C1=O. The number of urea groups is 1. The molecular weight excluding hydrogens is 380 g/mol. The fourth-order valence-corrected chi connectivity index (χ4v) is 3.33. The molecule has 2 aromatic rings. The monoisotopic (exact) mass is 391 g/mol. The molecule has 122 valence electrons. The summed E-state index contributed by atoms with van der Waals surface area (Å²) in [5, 5.41) is 12.7. The van der Waals surface area contributed by atoms with Gasteiger partial charge in [0.15, 0.2) is 6.54 Å². The highest BCUT2D eigenvalue weighted by Gasteiger charge is 2.57. The fraction of sp³-hybridized carbons (Fsp3) is 0.125. The first-order chi connectivity index (χ1) is 11.3. The Balaban J connectivity index is 2.18. The van der Waals surface area contributed by atoms with Gasteiger partial charge in [-0.1, -0.05) is 46.3 Å². The lowest BCUT2D eigenvalue weighted by Crippen LogP contribution is -2.55. The lowest BCUT2D eigenvalue weighted by molar-refractivity contribution is -0.772. The molecule has 2 N–H and O–H groups in total. The van der Waals surface area contributed by atoms with Crippen molar-refractivity contribution < 1.29 is 28.8 Å². The molecular formula is C16H12BrN2O5+. The van der Waals surface area contributed by atoms with Gasteiger partial charge in [0.25, 0.3) is 0 Å². The van der Waals surface area contributed by atoms with Crippen LogP contribution >= 0.6 is 15.9 Å². The van der Waals surface area contributed by atoms with E-state index in [9.17, 15) is 19.2 Å². The summed E-state index contributed by atoms with van der Waals surface area (Å²) in [4.78, 5) is 47.4.